The second-order valence-corrected chi connectivity index (χ2v) is 5.23. The highest BCUT2D eigenvalue weighted by Gasteiger charge is 2.15. The maximum Gasteiger partial charge on any atom is 0.121 e. The number of hydrogen-bond donors (Lipinski definition) is 1. The van der Waals surface area contributed by atoms with E-state index in [0.717, 1.165) is 44.6 Å². The first-order valence-electron chi connectivity index (χ1n) is 6.80. The van der Waals surface area contributed by atoms with Crippen molar-refractivity contribution < 1.29 is 4.74 Å². The molecule has 1 saturated heterocycles. The Labute approximate surface area is 110 Å². The molecule has 1 fully saturated rings. The van der Waals surface area contributed by atoms with E-state index in [0.29, 0.717) is 6.04 Å². The van der Waals surface area contributed by atoms with Crippen molar-refractivity contribution >= 4 is 0 Å². The largest absolute Gasteiger partial charge is 0.496 e. The predicted molar refractivity (Wildman–Crippen MR) is 75.1 cm³/mol. The van der Waals surface area contributed by atoms with Gasteiger partial charge in [0, 0.05) is 12.6 Å². The second-order valence-electron chi connectivity index (χ2n) is 5.23. The molecule has 1 heterocycles. The van der Waals surface area contributed by atoms with Crippen LogP contribution in [0.1, 0.15) is 24.0 Å². The summed E-state index contributed by atoms with van der Waals surface area (Å²) in [5, 5.41) is 0. The van der Waals surface area contributed by atoms with E-state index in [1.165, 1.54) is 11.1 Å². The van der Waals surface area contributed by atoms with Gasteiger partial charge in [-0.25, -0.2) is 0 Å². The van der Waals surface area contributed by atoms with Gasteiger partial charge < -0.3 is 15.4 Å². The lowest BCUT2D eigenvalue weighted by Crippen LogP contribution is -2.40. The van der Waals surface area contributed by atoms with Gasteiger partial charge in [0.25, 0.3) is 0 Å². The Bertz CT molecular complexity index is 384. The van der Waals surface area contributed by atoms with Crippen LogP contribution in [0.25, 0.3) is 0 Å². The van der Waals surface area contributed by atoms with Crippen LogP contribution >= 0.6 is 0 Å². The molecule has 3 nitrogen and oxygen atoms in total. The van der Waals surface area contributed by atoms with Gasteiger partial charge in [0.05, 0.1) is 7.11 Å². The molecule has 0 radical (unpaired) electrons. The number of hydrogen-bond acceptors (Lipinski definition) is 3. The molecule has 0 amide bonds. The molecular formula is C15H24N2O. The molecule has 1 aromatic carbocycles. The summed E-state index contributed by atoms with van der Waals surface area (Å²) in [5.41, 5.74) is 8.53. The smallest absolute Gasteiger partial charge is 0.121 e. The number of likely N-dealkylation sites (tertiary alicyclic amines) is 1. The van der Waals surface area contributed by atoms with E-state index in [1.807, 2.05) is 0 Å². The van der Waals surface area contributed by atoms with Gasteiger partial charge in [-0.2, -0.15) is 0 Å². The quantitative estimate of drug-likeness (QED) is 0.885. The van der Waals surface area contributed by atoms with Crippen LogP contribution in [0.15, 0.2) is 18.2 Å². The minimum absolute atomic E-state index is 0.421. The van der Waals surface area contributed by atoms with Crippen LogP contribution in [0.2, 0.25) is 0 Å². The van der Waals surface area contributed by atoms with Gasteiger partial charge in [0.15, 0.2) is 0 Å². The molecule has 0 aromatic heterocycles. The van der Waals surface area contributed by atoms with Crippen molar-refractivity contribution in [3.63, 3.8) is 0 Å². The molecule has 1 aromatic rings. The normalized spacial score (nSPS) is 17.9. The van der Waals surface area contributed by atoms with Gasteiger partial charge in [0.2, 0.25) is 0 Å². The van der Waals surface area contributed by atoms with Crippen molar-refractivity contribution in [2.24, 2.45) is 5.73 Å². The number of rotatable bonds is 4. The van der Waals surface area contributed by atoms with Gasteiger partial charge >= 0.3 is 0 Å². The van der Waals surface area contributed by atoms with Crippen molar-refractivity contribution in [2.75, 3.05) is 26.7 Å². The van der Waals surface area contributed by atoms with Crippen LogP contribution < -0.4 is 10.5 Å². The Hall–Kier alpha value is -1.06. The average Bonchev–Trinajstić information content (AvgIpc) is 2.38. The molecule has 18 heavy (non-hydrogen) atoms. The standard InChI is InChI=1S/C15H24N2O/c1-12-11-13(3-4-15(12)18-2)5-8-17-9-6-14(16)7-10-17/h3-4,11,14H,5-10,16H2,1-2H3. The highest BCUT2D eigenvalue weighted by Crippen LogP contribution is 2.19. The Balaban J connectivity index is 1.84. The fourth-order valence-electron chi connectivity index (χ4n) is 2.56. The molecule has 0 saturated carbocycles. The number of methoxy groups -OCH3 is 1. The summed E-state index contributed by atoms with van der Waals surface area (Å²) >= 11 is 0. The summed E-state index contributed by atoms with van der Waals surface area (Å²) < 4.78 is 5.28. The van der Waals surface area contributed by atoms with Gasteiger partial charge in [-0.1, -0.05) is 12.1 Å². The van der Waals surface area contributed by atoms with Gasteiger partial charge in [0.1, 0.15) is 5.75 Å². The van der Waals surface area contributed by atoms with Crippen molar-refractivity contribution in [3.8, 4) is 5.75 Å². The fraction of sp³-hybridized carbons (Fsp3) is 0.600. The number of piperidine rings is 1. The monoisotopic (exact) mass is 248 g/mol. The summed E-state index contributed by atoms with van der Waals surface area (Å²) in [6, 6.07) is 6.89. The van der Waals surface area contributed by atoms with Gasteiger partial charge in [-0.3, -0.25) is 0 Å². The summed E-state index contributed by atoms with van der Waals surface area (Å²) in [7, 11) is 1.72. The zero-order valence-corrected chi connectivity index (χ0v) is 11.5. The van der Waals surface area contributed by atoms with Crippen LogP contribution in [0.5, 0.6) is 5.75 Å². The van der Waals surface area contributed by atoms with Crippen molar-refractivity contribution in [3.05, 3.63) is 29.3 Å². The molecule has 0 bridgehead atoms. The Morgan fingerprint density at radius 1 is 1.33 bits per heavy atom. The highest BCUT2D eigenvalue weighted by atomic mass is 16.5. The van der Waals surface area contributed by atoms with Crippen molar-refractivity contribution in [1.82, 2.24) is 4.90 Å². The molecule has 0 unspecified atom stereocenters. The first-order valence-corrected chi connectivity index (χ1v) is 6.80. The maximum atomic E-state index is 5.92. The molecule has 2 N–H and O–H groups in total. The van der Waals surface area contributed by atoms with Crippen LogP contribution in [0.4, 0.5) is 0 Å². The number of nitrogens with zero attached hydrogens (tertiary/aromatic N) is 1. The molecule has 100 valence electrons. The zero-order valence-electron chi connectivity index (χ0n) is 11.5. The molecule has 0 aliphatic carbocycles. The average molecular weight is 248 g/mol. The topological polar surface area (TPSA) is 38.5 Å². The lowest BCUT2D eigenvalue weighted by Gasteiger charge is -2.30. The fourth-order valence-corrected chi connectivity index (χ4v) is 2.56. The predicted octanol–water partition coefficient (Wildman–Crippen LogP) is 1.97. The van der Waals surface area contributed by atoms with E-state index in [2.05, 4.69) is 30.0 Å². The molecule has 2 rings (SSSR count). The summed E-state index contributed by atoms with van der Waals surface area (Å²) in [4.78, 5) is 2.52. The van der Waals surface area contributed by atoms with E-state index in [9.17, 15) is 0 Å². The van der Waals surface area contributed by atoms with Crippen molar-refractivity contribution in [1.29, 1.82) is 0 Å². The van der Waals surface area contributed by atoms with E-state index >= 15 is 0 Å². The summed E-state index contributed by atoms with van der Waals surface area (Å²) in [6.07, 6.45) is 3.39. The number of aryl methyl sites for hydroxylation is 1. The number of ether oxygens (including phenoxy) is 1. The number of nitrogens with two attached hydrogens (primary N) is 1. The van der Waals surface area contributed by atoms with Gasteiger partial charge in [-0.05, 0) is 56.5 Å². The van der Waals surface area contributed by atoms with Crippen LogP contribution in [0, 0.1) is 6.92 Å². The molecule has 1 aliphatic heterocycles. The molecule has 0 atom stereocenters. The first kappa shape index (κ1) is 13.4. The molecular weight excluding hydrogens is 224 g/mol. The Morgan fingerprint density at radius 3 is 2.67 bits per heavy atom. The second kappa shape index (κ2) is 6.21. The SMILES string of the molecule is COc1ccc(CCN2CCC(N)CC2)cc1C. The minimum atomic E-state index is 0.421. The molecule has 1 aliphatic rings. The third-order valence-electron chi connectivity index (χ3n) is 3.81. The van der Waals surface area contributed by atoms with Crippen molar-refractivity contribution in [2.45, 2.75) is 32.2 Å². The van der Waals surface area contributed by atoms with E-state index < -0.39 is 0 Å². The molecule has 0 spiro atoms. The summed E-state index contributed by atoms with van der Waals surface area (Å²) in [5.74, 6) is 0.975. The van der Waals surface area contributed by atoms with E-state index in [4.69, 9.17) is 10.5 Å². The third kappa shape index (κ3) is 3.47. The Morgan fingerprint density at radius 2 is 2.06 bits per heavy atom. The zero-order chi connectivity index (χ0) is 13.0. The third-order valence-corrected chi connectivity index (χ3v) is 3.81. The minimum Gasteiger partial charge on any atom is -0.496 e. The molecule has 3 heteroatoms. The lowest BCUT2D eigenvalue weighted by atomic mass is 10.0. The maximum absolute atomic E-state index is 5.92. The van der Waals surface area contributed by atoms with Crippen LogP contribution in [0.3, 0.4) is 0 Å². The van der Waals surface area contributed by atoms with E-state index in [1.54, 1.807) is 7.11 Å². The van der Waals surface area contributed by atoms with Crippen LogP contribution in [-0.2, 0) is 6.42 Å². The highest BCUT2D eigenvalue weighted by molar-refractivity contribution is 5.36. The summed E-state index contributed by atoms with van der Waals surface area (Å²) in [6.45, 7) is 5.54. The van der Waals surface area contributed by atoms with Crippen LogP contribution in [-0.4, -0.2) is 37.7 Å². The number of benzene rings is 1. The van der Waals surface area contributed by atoms with E-state index in [-0.39, 0.29) is 0 Å². The Kier molecular flexibility index (Phi) is 4.61. The van der Waals surface area contributed by atoms with Gasteiger partial charge in [-0.15, -0.1) is 0 Å². The lowest BCUT2D eigenvalue weighted by molar-refractivity contribution is 0.215. The first-order chi connectivity index (χ1) is 8.69.